The second kappa shape index (κ2) is 8.41. The van der Waals surface area contributed by atoms with Crippen molar-refractivity contribution in [3.05, 3.63) is 65.0 Å². The van der Waals surface area contributed by atoms with Crippen molar-refractivity contribution in [2.24, 2.45) is 0 Å². The number of pyridine rings is 1. The largest absolute Gasteiger partial charge is 0.416 e. The monoisotopic (exact) mass is 427 g/mol. The number of hydrogen-bond donors (Lipinski definition) is 0. The lowest BCUT2D eigenvalue weighted by atomic mass is 9.93. The molecule has 0 bridgehead atoms. The van der Waals surface area contributed by atoms with Gasteiger partial charge in [-0.15, -0.1) is 0 Å². The summed E-state index contributed by atoms with van der Waals surface area (Å²) in [6, 6.07) is 10.8. The molecule has 2 aromatic rings. The lowest BCUT2D eigenvalue weighted by Crippen LogP contribution is -2.44. The zero-order valence-electron chi connectivity index (χ0n) is 16.4. The fraction of sp³-hybridized carbons (Fsp3) is 0.450. The molecule has 2 heterocycles. The van der Waals surface area contributed by atoms with Crippen LogP contribution in [0, 0.1) is 0 Å². The van der Waals surface area contributed by atoms with E-state index in [2.05, 4.69) is 4.98 Å². The fourth-order valence-corrected chi connectivity index (χ4v) is 4.59. The molecule has 0 spiro atoms. The molecule has 0 atom stereocenters. The van der Waals surface area contributed by atoms with Gasteiger partial charge in [-0.25, -0.2) is 0 Å². The Labute approximate surface area is 169 Å². The van der Waals surface area contributed by atoms with Gasteiger partial charge in [-0.05, 0) is 42.7 Å². The number of alkyl halides is 3. The Balaban J connectivity index is 1.66. The maximum absolute atomic E-state index is 12.7. The molecular weight excluding hydrogens is 403 g/mol. The second-order valence-electron chi connectivity index (χ2n) is 7.39. The molecule has 9 heteroatoms. The number of rotatable bonds is 5. The molecule has 1 saturated heterocycles. The van der Waals surface area contributed by atoms with Crippen LogP contribution in [0.4, 0.5) is 13.2 Å². The summed E-state index contributed by atoms with van der Waals surface area (Å²) in [5.74, 6) is 0.163. The highest BCUT2D eigenvalue weighted by molar-refractivity contribution is 7.86. The molecule has 0 amide bonds. The molecule has 0 saturated carbocycles. The van der Waals surface area contributed by atoms with Crippen LogP contribution in [0.5, 0.6) is 0 Å². The molecule has 158 valence electrons. The summed E-state index contributed by atoms with van der Waals surface area (Å²) in [7, 11) is -0.359. The first kappa shape index (κ1) is 21.7. The summed E-state index contributed by atoms with van der Waals surface area (Å²) >= 11 is 0. The van der Waals surface area contributed by atoms with Gasteiger partial charge in [0.15, 0.2) is 0 Å². The van der Waals surface area contributed by atoms with Gasteiger partial charge in [-0.1, -0.05) is 18.2 Å². The number of nitrogens with zero attached hydrogens (tertiary/aromatic N) is 3. The van der Waals surface area contributed by atoms with Crippen molar-refractivity contribution in [1.29, 1.82) is 0 Å². The van der Waals surface area contributed by atoms with Crippen molar-refractivity contribution >= 4 is 10.2 Å². The van der Waals surface area contributed by atoms with E-state index in [0.29, 0.717) is 32.4 Å². The van der Waals surface area contributed by atoms with Gasteiger partial charge in [0.2, 0.25) is 0 Å². The topological polar surface area (TPSA) is 53.5 Å². The summed E-state index contributed by atoms with van der Waals surface area (Å²) in [5.41, 5.74) is 1.78. The van der Waals surface area contributed by atoms with Gasteiger partial charge in [0.25, 0.3) is 10.2 Å². The van der Waals surface area contributed by atoms with Crippen molar-refractivity contribution in [1.82, 2.24) is 13.6 Å². The molecule has 1 aliphatic rings. The molecule has 1 aromatic carbocycles. The molecule has 0 aliphatic carbocycles. The van der Waals surface area contributed by atoms with Crippen LogP contribution < -0.4 is 0 Å². The van der Waals surface area contributed by atoms with Gasteiger partial charge >= 0.3 is 6.18 Å². The Morgan fingerprint density at radius 3 is 2.24 bits per heavy atom. The summed E-state index contributed by atoms with van der Waals surface area (Å²) < 4.78 is 65.3. The van der Waals surface area contributed by atoms with Gasteiger partial charge in [-0.2, -0.15) is 30.2 Å². The highest BCUT2D eigenvalue weighted by Crippen LogP contribution is 2.30. The van der Waals surface area contributed by atoms with Crippen molar-refractivity contribution in [2.75, 3.05) is 27.2 Å². The molecule has 5 nitrogen and oxygen atoms in total. The Bertz CT molecular complexity index is 936. The number of halogens is 3. The predicted molar refractivity (Wildman–Crippen MR) is 105 cm³/mol. The summed E-state index contributed by atoms with van der Waals surface area (Å²) in [5, 5.41) is 0. The number of aromatic nitrogens is 1. The van der Waals surface area contributed by atoms with Crippen LogP contribution in [0.25, 0.3) is 0 Å². The molecular formula is C20H24F3N3O2S. The van der Waals surface area contributed by atoms with Crippen molar-refractivity contribution < 1.29 is 21.6 Å². The van der Waals surface area contributed by atoms with E-state index in [4.69, 9.17) is 0 Å². The Morgan fingerprint density at radius 2 is 1.69 bits per heavy atom. The van der Waals surface area contributed by atoms with Crippen LogP contribution >= 0.6 is 0 Å². The maximum Gasteiger partial charge on any atom is 0.416 e. The van der Waals surface area contributed by atoms with Gasteiger partial charge in [0, 0.05) is 50.9 Å². The third-order valence-corrected chi connectivity index (χ3v) is 7.10. The Hall–Kier alpha value is -1.97. The van der Waals surface area contributed by atoms with Crippen LogP contribution in [-0.2, 0) is 22.8 Å². The average Bonchev–Trinajstić information content (AvgIpc) is 2.68. The standard InChI is InChI=1S/C20H24F3N3O2S/c1-25(2)29(27,28)26-12-10-16(11-13-26)19-5-3-4-18(24-19)14-15-6-8-17(9-7-15)20(21,22)23/h3-9,16H,10-14H2,1-2H3. The minimum Gasteiger partial charge on any atom is -0.257 e. The van der Waals surface area contributed by atoms with Gasteiger partial charge in [-0.3, -0.25) is 4.98 Å². The third-order valence-electron chi connectivity index (χ3n) is 5.15. The first-order chi connectivity index (χ1) is 13.6. The van der Waals surface area contributed by atoms with E-state index in [1.54, 1.807) is 0 Å². The SMILES string of the molecule is CN(C)S(=O)(=O)N1CCC(c2cccc(Cc3ccc(C(F)(F)F)cc3)n2)CC1. The zero-order valence-corrected chi connectivity index (χ0v) is 17.2. The van der Waals surface area contributed by atoms with E-state index in [0.717, 1.165) is 29.1 Å². The van der Waals surface area contributed by atoms with E-state index in [1.807, 2.05) is 18.2 Å². The zero-order chi connectivity index (χ0) is 21.2. The number of piperidine rings is 1. The summed E-state index contributed by atoms with van der Waals surface area (Å²) in [6.45, 7) is 0.881. The van der Waals surface area contributed by atoms with Crippen LogP contribution in [0.15, 0.2) is 42.5 Å². The Kier molecular flexibility index (Phi) is 6.30. The molecule has 0 N–H and O–H groups in total. The fourth-order valence-electron chi connectivity index (χ4n) is 3.46. The third kappa shape index (κ3) is 5.15. The molecule has 1 aromatic heterocycles. The molecule has 0 unspecified atom stereocenters. The highest BCUT2D eigenvalue weighted by Gasteiger charge is 2.31. The van der Waals surface area contributed by atoms with E-state index in [-0.39, 0.29) is 5.92 Å². The first-order valence-corrected chi connectivity index (χ1v) is 10.8. The highest BCUT2D eigenvalue weighted by atomic mass is 32.2. The maximum atomic E-state index is 12.7. The van der Waals surface area contributed by atoms with Crippen molar-refractivity contribution in [3.63, 3.8) is 0 Å². The lowest BCUT2D eigenvalue weighted by Gasteiger charge is -2.32. The van der Waals surface area contributed by atoms with E-state index in [9.17, 15) is 21.6 Å². The quantitative estimate of drug-likeness (QED) is 0.732. The van der Waals surface area contributed by atoms with Gasteiger partial charge < -0.3 is 0 Å². The summed E-state index contributed by atoms with van der Waals surface area (Å²) in [6.07, 6.45) is -2.53. The van der Waals surface area contributed by atoms with Crippen LogP contribution in [-0.4, -0.2) is 49.2 Å². The predicted octanol–water partition coefficient (Wildman–Crippen LogP) is 3.68. The van der Waals surface area contributed by atoms with Crippen molar-refractivity contribution in [2.45, 2.75) is 31.4 Å². The number of hydrogen-bond acceptors (Lipinski definition) is 3. The minimum absolute atomic E-state index is 0.163. The van der Waals surface area contributed by atoms with E-state index >= 15 is 0 Å². The minimum atomic E-state index is -4.34. The normalized spacial score (nSPS) is 17.0. The molecule has 29 heavy (non-hydrogen) atoms. The van der Waals surface area contributed by atoms with Crippen LogP contribution in [0.3, 0.4) is 0 Å². The Morgan fingerprint density at radius 1 is 1.07 bits per heavy atom. The molecule has 3 rings (SSSR count). The summed E-state index contributed by atoms with van der Waals surface area (Å²) in [4.78, 5) is 4.68. The second-order valence-corrected chi connectivity index (χ2v) is 9.53. The molecule has 1 aliphatic heterocycles. The molecule has 0 radical (unpaired) electrons. The van der Waals surface area contributed by atoms with Gasteiger partial charge in [0.1, 0.15) is 0 Å². The van der Waals surface area contributed by atoms with E-state index in [1.165, 1.54) is 34.8 Å². The van der Waals surface area contributed by atoms with Gasteiger partial charge in [0.05, 0.1) is 5.56 Å². The van der Waals surface area contributed by atoms with Crippen LogP contribution in [0.2, 0.25) is 0 Å². The first-order valence-electron chi connectivity index (χ1n) is 9.37. The molecule has 1 fully saturated rings. The smallest absolute Gasteiger partial charge is 0.257 e. The van der Waals surface area contributed by atoms with E-state index < -0.39 is 21.9 Å². The lowest BCUT2D eigenvalue weighted by molar-refractivity contribution is -0.137. The van der Waals surface area contributed by atoms with Crippen molar-refractivity contribution in [3.8, 4) is 0 Å². The average molecular weight is 427 g/mol. The van der Waals surface area contributed by atoms with Crippen LogP contribution in [0.1, 0.15) is 41.3 Å². The number of benzene rings is 1.